The van der Waals surface area contributed by atoms with Crippen LogP contribution in [0.3, 0.4) is 0 Å². The standard InChI is InChI=1S/C13H13NO3/c15-12-10-6-1-2-7-11(10)14(13(16)17-12)8-9-4-3-5-9/h1-2,6-7,9H,3-5,8H2. The molecule has 2 aromatic rings. The average molecular weight is 231 g/mol. The van der Waals surface area contributed by atoms with Gasteiger partial charge in [0.2, 0.25) is 0 Å². The Morgan fingerprint density at radius 1 is 1.24 bits per heavy atom. The van der Waals surface area contributed by atoms with Crippen LogP contribution in [0.1, 0.15) is 19.3 Å². The molecule has 3 rings (SSSR count). The lowest BCUT2D eigenvalue weighted by Gasteiger charge is -2.26. The fraction of sp³-hybridized carbons (Fsp3) is 0.385. The van der Waals surface area contributed by atoms with Gasteiger partial charge in [-0.25, -0.2) is 9.59 Å². The van der Waals surface area contributed by atoms with E-state index < -0.39 is 11.4 Å². The Balaban J connectivity index is 2.21. The summed E-state index contributed by atoms with van der Waals surface area (Å²) in [5, 5.41) is 0.478. The van der Waals surface area contributed by atoms with Crippen LogP contribution in [0.25, 0.3) is 10.9 Å². The first-order chi connectivity index (χ1) is 8.25. The minimum atomic E-state index is -0.546. The maximum absolute atomic E-state index is 11.7. The van der Waals surface area contributed by atoms with E-state index in [4.69, 9.17) is 4.42 Å². The van der Waals surface area contributed by atoms with Gasteiger partial charge in [-0.2, -0.15) is 0 Å². The van der Waals surface area contributed by atoms with Crippen molar-refractivity contribution >= 4 is 10.9 Å². The summed E-state index contributed by atoms with van der Waals surface area (Å²) in [7, 11) is 0. The molecule has 1 aromatic heterocycles. The summed E-state index contributed by atoms with van der Waals surface area (Å²) in [4.78, 5) is 23.3. The van der Waals surface area contributed by atoms with Crippen LogP contribution < -0.4 is 11.4 Å². The first kappa shape index (κ1) is 10.3. The number of para-hydroxylation sites is 1. The van der Waals surface area contributed by atoms with E-state index in [0.717, 1.165) is 12.8 Å². The van der Waals surface area contributed by atoms with Crippen LogP contribution >= 0.6 is 0 Å². The van der Waals surface area contributed by atoms with Gasteiger partial charge in [0.1, 0.15) is 0 Å². The van der Waals surface area contributed by atoms with E-state index in [0.29, 0.717) is 23.4 Å². The van der Waals surface area contributed by atoms with Crippen molar-refractivity contribution in [1.29, 1.82) is 0 Å². The molecule has 88 valence electrons. The summed E-state index contributed by atoms with van der Waals surface area (Å²) < 4.78 is 6.33. The minimum Gasteiger partial charge on any atom is -0.372 e. The molecule has 1 heterocycles. The number of hydrogen-bond acceptors (Lipinski definition) is 3. The first-order valence-corrected chi connectivity index (χ1v) is 5.88. The second-order valence-corrected chi connectivity index (χ2v) is 4.58. The molecule has 0 aliphatic heterocycles. The number of benzene rings is 1. The van der Waals surface area contributed by atoms with Crippen LogP contribution in [0, 0.1) is 5.92 Å². The van der Waals surface area contributed by atoms with Crippen LogP contribution in [-0.4, -0.2) is 4.57 Å². The summed E-state index contributed by atoms with van der Waals surface area (Å²) in [6.07, 6.45) is 3.54. The van der Waals surface area contributed by atoms with Crippen molar-refractivity contribution in [1.82, 2.24) is 4.57 Å². The lowest BCUT2D eigenvalue weighted by Crippen LogP contribution is -2.29. The number of nitrogens with zero attached hydrogens (tertiary/aromatic N) is 1. The normalized spacial score (nSPS) is 16.0. The molecule has 0 saturated heterocycles. The summed E-state index contributed by atoms with van der Waals surface area (Å²) in [5.74, 6) is 0.00408. The van der Waals surface area contributed by atoms with E-state index in [2.05, 4.69) is 0 Å². The zero-order chi connectivity index (χ0) is 11.8. The van der Waals surface area contributed by atoms with Gasteiger partial charge in [-0.05, 0) is 30.9 Å². The molecule has 0 spiro atoms. The number of hydrogen-bond donors (Lipinski definition) is 0. The first-order valence-electron chi connectivity index (χ1n) is 5.88. The summed E-state index contributed by atoms with van der Waals surface area (Å²) >= 11 is 0. The summed E-state index contributed by atoms with van der Waals surface area (Å²) in [6.45, 7) is 0.656. The molecule has 0 unspecified atom stereocenters. The predicted molar refractivity (Wildman–Crippen MR) is 64.1 cm³/mol. The maximum Gasteiger partial charge on any atom is 0.422 e. The Kier molecular flexibility index (Phi) is 2.35. The van der Waals surface area contributed by atoms with E-state index in [1.165, 1.54) is 6.42 Å². The molecule has 0 radical (unpaired) electrons. The van der Waals surface area contributed by atoms with Gasteiger partial charge < -0.3 is 4.42 Å². The molecule has 1 aliphatic rings. The molecule has 1 aliphatic carbocycles. The fourth-order valence-corrected chi connectivity index (χ4v) is 2.28. The van der Waals surface area contributed by atoms with Crippen molar-refractivity contribution in [2.24, 2.45) is 5.92 Å². The third-order valence-electron chi connectivity index (χ3n) is 3.48. The van der Waals surface area contributed by atoms with Crippen LogP contribution in [0.2, 0.25) is 0 Å². The number of rotatable bonds is 2. The van der Waals surface area contributed by atoms with Gasteiger partial charge in [0.25, 0.3) is 0 Å². The summed E-state index contributed by atoms with van der Waals surface area (Å²) in [6, 6.07) is 7.10. The zero-order valence-electron chi connectivity index (χ0n) is 9.39. The zero-order valence-corrected chi connectivity index (χ0v) is 9.39. The molecule has 0 atom stereocenters. The van der Waals surface area contributed by atoms with E-state index in [9.17, 15) is 9.59 Å². The molecule has 1 aromatic carbocycles. The summed E-state index contributed by atoms with van der Waals surface area (Å²) in [5.41, 5.74) is 0.135. The molecule has 0 amide bonds. The molecule has 17 heavy (non-hydrogen) atoms. The van der Waals surface area contributed by atoms with Crippen molar-refractivity contribution in [2.75, 3.05) is 0 Å². The van der Waals surface area contributed by atoms with Crippen LogP contribution in [-0.2, 0) is 6.54 Å². The molecule has 0 N–H and O–H groups in total. The molecule has 0 bridgehead atoms. The maximum atomic E-state index is 11.7. The Bertz CT molecular complexity index is 664. The van der Waals surface area contributed by atoms with Gasteiger partial charge in [-0.1, -0.05) is 18.6 Å². The Morgan fingerprint density at radius 3 is 2.71 bits per heavy atom. The quantitative estimate of drug-likeness (QED) is 0.791. The average Bonchev–Trinajstić information content (AvgIpc) is 2.26. The number of fused-ring (bicyclic) bond motifs is 1. The predicted octanol–water partition coefficient (Wildman–Crippen LogP) is 1.75. The monoisotopic (exact) mass is 231 g/mol. The Labute approximate surface area is 97.5 Å². The molecule has 4 nitrogen and oxygen atoms in total. The highest BCUT2D eigenvalue weighted by Crippen LogP contribution is 2.28. The van der Waals surface area contributed by atoms with Crippen molar-refractivity contribution < 1.29 is 4.42 Å². The van der Waals surface area contributed by atoms with Gasteiger partial charge in [0.15, 0.2) is 0 Å². The van der Waals surface area contributed by atoms with Gasteiger partial charge in [-0.3, -0.25) is 4.57 Å². The Hall–Kier alpha value is -1.84. The highest BCUT2D eigenvalue weighted by Gasteiger charge is 2.20. The smallest absolute Gasteiger partial charge is 0.372 e. The van der Waals surface area contributed by atoms with Gasteiger partial charge in [0.05, 0.1) is 10.9 Å². The van der Waals surface area contributed by atoms with E-state index in [1.54, 1.807) is 22.8 Å². The Morgan fingerprint density at radius 2 is 2.00 bits per heavy atom. The molecule has 1 saturated carbocycles. The molecular weight excluding hydrogens is 218 g/mol. The largest absolute Gasteiger partial charge is 0.422 e. The van der Waals surface area contributed by atoms with Gasteiger partial charge in [-0.15, -0.1) is 0 Å². The fourth-order valence-electron chi connectivity index (χ4n) is 2.28. The highest BCUT2D eigenvalue weighted by atomic mass is 16.4. The van der Waals surface area contributed by atoms with Crippen molar-refractivity contribution in [2.45, 2.75) is 25.8 Å². The van der Waals surface area contributed by atoms with Crippen molar-refractivity contribution in [3.05, 3.63) is 45.2 Å². The van der Waals surface area contributed by atoms with Crippen LogP contribution in [0.15, 0.2) is 38.3 Å². The van der Waals surface area contributed by atoms with Crippen LogP contribution in [0.5, 0.6) is 0 Å². The van der Waals surface area contributed by atoms with E-state index in [-0.39, 0.29) is 0 Å². The molecular formula is C13H13NO3. The van der Waals surface area contributed by atoms with Crippen LogP contribution in [0.4, 0.5) is 0 Å². The van der Waals surface area contributed by atoms with E-state index >= 15 is 0 Å². The molecule has 1 fully saturated rings. The second kappa shape index (κ2) is 3.87. The van der Waals surface area contributed by atoms with Gasteiger partial charge >= 0.3 is 11.4 Å². The third-order valence-corrected chi connectivity index (χ3v) is 3.48. The van der Waals surface area contributed by atoms with Gasteiger partial charge in [0, 0.05) is 6.54 Å². The van der Waals surface area contributed by atoms with Crippen molar-refractivity contribution in [3.63, 3.8) is 0 Å². The number of aromatic nitrogens is 1. The topological polar surface area (TPSA) is 52.2 Å². The van der Waals surface area contributed by atoms with E-state index in [1.807, 2.05) is 6.07 Å². The SMILES string of the molecule is O=c1oc(=O)n(CC2CCC2)c2ccccc12. The minimum absolute atomic E-state index is 0.478. The molecule has 4 heteroatoms. The highest BCUT2D eigenvalue weighted by molar-refractivity contribution is 5.77. The third kappa shape index (κ3) is 1.69. The lowest BCUT2D eigenvalue weighted by molar-refractivity contribution is 0.263. The lowest BCUT2D eigenvalue weighted by atomic mass is 9.85. The van der Waals surface area contributed by atoms with Crippen molar-refractivity contribution in [3.8, 4) is 0 Å². The second-order valence-electron chi connectivity index (χ2n) is 4.58.